The lowest BCUT2D eigenvalue weighted by Gasteiger charge is -2.12. The number of hydrogen-bond donors (Lipinski definition) is 4. The van der Waals surface area contributed by atoms with E-state index in [0.29, 0.717) is 18.9 Å². The van der Waals surface area contributed by atoms with Gasteiger partial charge < -0.3 is 15.7 Å². The van der Waals surface area contributed by atoms with E-state index in [1.54, 1.807) is 7.05 Å². The number of aliphatic imine (C=N–C) groups is 1. The number of nitrogens with zero attached hydrogens (tertiary/aromatic N) is 2. The van der Waals surface area contributed by atoms with E-state index in [0.717, 1.165) is 27.9 Å². The maximum absolute atomic E-state index is 11.2. The third-order valence-corrected chi connectivity index (χ3v) is 4.94. The van der Waals surface area contributed by atoms with Gasteiger partial charge >= 0.3 is 5.97 Å². The Labute approximate surface area is 187 Å². The summed E-state index contributed by atoms with van der Waals surface area (Å²) in [4.78, 5) is 15.7. The molecule has 3 aromatic carbocycles. The summed E-state index contributed by atoms with van der Waals surface area (Å²) in [7, 11) is 1.64. The average molecular weight is 428 g/mol. The highest BCUT2D eigenvalue weighted by Gasteiger charge is 2.15. The summed E-state index contributed by atoms with van der Waals surface area (Å²) in [5.74, 6) is -0.498. The molecule has 1 atom stereocenters. The van der Waals surface area contributed by atoms with E-state index >= 15 is 0 Å². The Morgan fingerprint density at radius 1 is 1.00 bits per heavy atom. The van der Waals surface area contributed by atoms with Crippen molar-refractivity contribution in [2.45, 2.75) is 19.0 Å². The first kappa shape index (κ1) is 22.5. The van der Waals surface area contributed by atoms with Gasteiger partial charge in [-0.25, -0.2) is 4.99 Å². The Kier molecular flexibility index (Phi) is 7.96. The van der Waals surface area contributed by atoms with Crippen LogP contribution in [-0.4, -0.2) is 30.1 Å². The third-order valence-electron chi connectivity index (χ3n) is 4.94. The highest BCUT2D eigenvalue weighted by Crippen LogP contribution is 2.23. The largest absolute Gasteiger partial charge is 0.480 e. The molecule has 4 N–H and O–H groups in total. The summed E-state index contributed by atoms with van der Waals surface area (Å²) in [6.45, 7) is 0.447. The van der Waals surface area contributed by atoms with Crippen molar-refractivity contribution in [3.8, 4) is 17.3 Å². The van der Waals surface area contributed by atoms with Crippen LogP contribution in [0.15, 0.2) is 83.9 Å². The fraction of sp³-hybridized carbons (Fsp3) is 0.160. The van der Waals surface area contributed by atoms with Crippen LogP contribution in [0.1, 0.15) is 11.1 Å². The summed E-state index contributed by atoms with van der Waals surface area (Å²) < 4.78 is 0. The number of guanidine groups is 1. The van der Waals surface area contributed by atoms with Gasteiger partial charge in [0, 0.05) is 5.69 Å². The maximum atomic E-state index is 11.2. The number of hydrogen-bond acceptors (Lipinski definition) is 4. The second-order valence-corrected chi connectivity index (χ2v) is 7.17. The van der Waals surface area contributed by atoms with Gasteiger partial charge in [-0.15, -0.1) is 0 Å². The maximum Gasteiger partial charge on any atom is 0.321 e. The van der Waals surface area contributed by atoms with Gasteiger partial charge in [-0.3, -0.25) is 10.1 Å². The van der Waals surface area contributed by atoms with Gasteiger partial charge in [-0.2, -0.15) is 5.26 Å². The van der Waals surface area contributed by atoms with Crippen LogP contribution in [0.3, 0.4) is 0 Å². The highest BCUT2D eigenvalue weighted by atomic mass is 16.4. The molecular weight excluding hydrogens is 402 g/mol. The van der Waals surface area contributed by atoms with Crippen LogP contribution in [0.4, 0.5) is 5.69 Å². The van der Waals surface area contributed by atoms with Crippen LogP contribution in [0, 0.1) is 11.5 Å². The Bertz CT molecular complexity index is 1110. The summed E-state index contributed by atoms with van der Waals surface area (Å²) in [5, 5.41) is 26.8. The van der Waals surface area contributed by atoms with Gasteiger partial charge in [-0.1, -0.05) is 66.7 Å². The summed E-state index contributed by atoms with van der Waals surface area (Å²) in [6, 6.07) is 24.8. The predicted molar refractivity (Wildman–Crippen MR) is 126 cm³/mol. The van der Waals surface area contributed by atoms with Crippen molar-refractivity contribution in [3.63, 3.8) is 0 Å². The molecular formula is C25H25N5O2. The first-order valence-electron chi connectivity index (χ1n) is 10.2. The van der Waals surface area contributed by atoms with Gasteiger partial charge in [0.25, 0.3) is 0 Å². The van der Waals surface area contributed by atoms with E-state index in [9.17, 15) is 9.90 Å². The molecule has 32 heavy (non-hydrogen) atoms. The van der Waals surface area contributed by atoms with Gasteiger partial charge in [0.15, 0.2) is 6.19 Å². The van der Waals surface area contributed by atoms with Gasteiger partial charge in [0.05, 0.1) is 6.54 Å². The smallest absolute Gasteiger partial charge is 0.321 e. The minimum absolute atomic E-state index is 0.371. The van der Waals surface area contributed by atoms with Crippen molar-refractivity contribution >= 4 is 17.6 Å². The summed E-state index contributed by atoms with van der Waals surface area (Å²) in [6.07, 6.45) is 2.33. The van der Waals surface area contributed by atoms with E-state index in [-0.39, 0.29) is 0 Å². The molecule has 0 aromatic heterocycles. The van der Waals surface area contributed by atoms with Crippen LogP contribution >= 0.6 is 0 Å². The summed E-state index contributed by atoms with van der Waals surface area (Å²) >= 11 is 0. The van der Waals surface area contributed by atoms with Crippen molar-refractivity contribution in [1.82, 2.24) is 10.6 Å². The Hall–Kier alpha value is -4.15. The van der Waals surface area contributed by atoms with E-state index < -0.39 is 12.0 Å². The van der Waals surface area contributed by atoms with E-state index in [2.05, 4.69) is 20.9 Å². The van der Waals surface area contributed by atoms with E-state index in [1.807, 2.05) is 85.1 Å². The molecule has 0 fully saturated rings. The van der Waals surface area contributed by atoms with Crippen molar-refractivity contribution in [3.05, 3.63) is 90.0 Å². The van der Waals surface area contributed by atoms with E-state index in [4.69, 9.17) is 5.26 Å². The first-order valence-corrected chi connectivity index (χ1v) is 10.2. The summed E-state index contributed by atoms with van der Waals surface area (Å²) in [5.41, 5.74) is 4.78. The van der Waals surface area contributed by atoms with Gasteiger partial charge in [-0.05, 0) is 47.9 Å². The molecule has 1 unspecified atom stereocenters. The molecule has 0 amide bonds. The molecule has 0 bridgehead atoms. The van der Waals surface area contributed by atoms with Crippen molar-refractivity contribution < 1.29 is 9.90 Å². The molecule has 162 valence electrons. The topological polar surface area (TPSA) is 110 Å². The van der Waals surface area contributed by atoms with Crippen LogP contribution in [-0.2, 0) is 17.8 Å². The molecule has 0 heterocycles. The normalized spacial score (nSPS) is 11.9. The predicted octanol–water partition coefficient (Wildman–Crippen LogP) is 3.61. The van der Waals surface area contributed by atoms with Crippen molar-refractivity contribution in [2.75, 3.05) is 12.4 Å². The minimum Gasteiger partial charge on any atom is -0.480 e. The molecule has 0 radical (unpaired) electrons. The molecule has 3 aromatic rings. The number of carboxylic acid groups (broad SMARTS) is 1. The van der Waals surface area contributed by atoms with Gasteiger partial charge in [0.1, 0.15) is 6.04 Å². The standard InChI is InChI=1S/C25H25N5O2/c1-27-23(24(31)32)14-18-10-12-20(13-11-18)21-8-5-9-22(15-21)30-25(29-17-26)28-16-19-6-3-2-4-7-19/h2-13,15,23,27H,14,16H2,1H3,(H,31,32)(H2,28,29,30). The third kappa shape index (κ3) is 6.42. The molecule has 0 aliphatic carbocycles. The van der Waals surface area contributed by atoms with Crippen molar-refractivity contribution in [2.24, 2.45) is 4.99 Å². The van der Waals surface area contributed by atoms with Crippen LogP contribution < -0.4 is 16.0 Å². The Morgan fingerprint density at radius 3 is 2.41 bits per heavy atom. The molecule has 0 saturated carbocycles. The molecule has 0 aliphatic heterocycles. The minimum atomic E-state index is -0.869. The van der Waals surface area contributed by atoms with E-state index in [1.165, 1.54) is 0 Å². The number of benzene rings is 3. The molecule has 3 rings (SSSR count). The van der Waals surface area contributed by atoms with Crippen molar-refractivity contribution in [1.29, 1.82) is 5.26 Å². The number of carbonyl (C=O) groups is 1. The second kappa shape index (κ2) is 11.3. The second-order valence-electron chi connectivity index (χ2n) is 7.17. The highest BCUT2D eigenvalue weighted by molar-refractivity contribution is 5.95. The lowest BCUT2D eigenvalue weighted by atomic mass is 10.0. The number of nitriles is 1. The van der Waals surface area contributed by atoms with Gasteiger partial charge in [0.2, 0.25) is 5.96 Å². The number of anilines is 1. The zero-order valence-electron chi connectivity index (χ0n) is 17.7. The average Bonchev–Trinajstić information content (AvgIpc) is 2.82. The number of likely N-dealkylation sites (N-methyl/N-ethyl adjacent to an activating group) is 1. The number of carboxylic acids is 1. The quantitative estimate of drug-likeness (QED) is 0.189. The van der Waals surface area contributed by atoms with Crippen LogP contribution in [0.2, 0.25) is 0 Å². The fourth-order valence-electron chi connectivity index (χ4n) is 3.21. The SMILES string of the molecule is CNC(Cc1ccc(-c2cccc(NC(=NCc3ccccc3)NC#N)c2)cc1)C(=O)O. The fourth-order valence-corrected chi connectivity index (χ4v) is 3.21. The number of aliphatic carboxylic acids is 1. The molecule has 0 saturated heterocycles. The molecule has 0 aliphatic rings. The lowest BCUT2D eigenvalue weighted by Crippen LogP contribution is -2.35. The number of rotatable bonds is 8. The molecule has 7 heteroatoms. The first-order chi connectivity index (χ1) is 15.6. The van der Waals surface area contributed by atoms with Crippen LogP contribution in [0.25, 0.3) is 11.1 Å². The molecule has 7 nitrogen and oxygen atoms in total. The number of nitrogens with one attached hydrogen (secondary N) is 3. The van der Waals surface area contributed by atoms with Crippen LogP contribution in [0.5, 0.6) is 0 Å². The Balaban J connectivity index is 1.72. The monoisotopic (exact) mass is 427 g/mol. The molecule has 0 spiro atoms. The zero-order valence-corrected chi connectivity index (χ0v) is 17.7. The Morgan fingerprint density at radius 2 is 1.75 bits per heavy atom. The lowest BCUT2D eigenvalue weighted by molar-refractivity contribution is -0.139. The zero-order chi connectivity index (χ0) is 22.8.